The molecule has 0 unspecified atom stereocenters. The first kappa shape index (κ1) is 39.0. The summed E-state index contributed by atoms with van der Waals surface area (Å²) in [6.45, 7) is 0. The van der Waals surface area contributed by atoms with Crippen molar-refractivity contribution >= 4 is 43.7 Å². The first-order valence-electron chi connectivity index (χ1n) is 23.4. The number of rotatable bonds is 7. The number of nitrogens with zero attached hydrogens (tertiary/aromatic N) is 4. The van der Waals surface area contributed by atoms with Gasteiger partial charge in [-0.2, -0.15) is 0 Å². The normalized spacial score (nSPS) is 12.8. The van der Waals surface area contributed by atoms with Crippen LogP contribution in [0.25, 0.3) is 106 Å². The van der Waals surface area contributed by atoms with Crippen LogP contribution in [0.3, 0.4) is 0 Å². The van der Waals surface area contributed by atoms with Crippen LogP contribution in [0, 0.1) is 0 Å². The maximum absolute atomic E-state index is 6.56. The fourth-order valence-electron chi connectivity index (χ4n) is 11.1. The Morgan fingerprint density at radius 3 is 1.59 bits per heavy atom. The molecule has 10 aromatic carbocycles. The Labute approximate surface area is 398 Å². The van der Waals surface area contributed by atoms with Gasteiger partial charge in [0, 0.05) is 43.9 Å². The minimum absolute atomic E-state index is 0.496. The largest absolute Gasteiger partial charge is 0.456 e. The predicted octanol–water partition coefficient (Wildman–Crippen LogP) is 15.9. The zero-order chi connectivity index (χ0) is 45.5. The summed E-state index contributed by atoms with van der Waals surface area (Å²) >= 11 is 0. The van der Waals surface area contributed by atoms with Gasteiger partial charge in [-0.3, -0.25) is 0 Å². The van der Waals surface area contributed by atoms with Crippen molar-refractivity contribution in [3.63, 3.8) is 0 Å². The molecule has 3 aromatic heterocycles. The third-order valence-electron chi connectivity index (χ3n) is 14.1. The lowest BCUT2D eigenvalue weighted by molar-refractivity contribution is 0.669. The summed E-state index contributed by atoms with van der Waals surface area (Å²) in [5.41, 5.74) is 17.1. The van der Waals surface area contributed by atoms with Crippen LogP contribution >= 0.6 is 0 Å². The van der Waals surface area contributed by atoms with Gasteiger partial charge in [0.15, 0.2) is 17.5 Å². The highest BCUT2D eigenvalue weighted by atomic mass is 16.3. The molecular weight excluding hydrogens is 841 g/mol. The number of para-hydroxylation sites is 1. The van der Waals surface area contributed by atoms with Gasteiger partial charge in [-0.15, -0.1) is 0 Å². The van der Waals surface area contributed by atoms with Crippen molar-refractivity contribution in [2.75, 3.05) is 0 Å². The number of benzene rings is 10. The molecule has 322 valence electrons. The zero-order valence-electron chi connectivity index (χ0n) is 37.3. The number of fused-ring (bicyclic) bond motifs is 9. The summed E-state index contributed by atoms with van der Waals surface area (Å²) < 4.78 is 9.01. The molecule has 0 saturated carbocycles. The molecule has 0 atom stereocenters. The Morgan fingerprint density at radius 1 is 0.333 bits per heavy atom. The van der Waals surface area contributed by atoms with Crippen LogP contribution in [-0.4, -0.2) is 19.5 Å². The second-order valence-electron chi connectivity index (χ2n) is 17.9. The molecule has 13 aromatic rings. The quantitative estimate of drug-likeness (QED) is 0.160. The topological polar surface area (TPSA) is 56.7 Å². The van der Waals surface area contributed by atoms with E-state index in [2.05, 4.69) is 174 Å². The summed E-state index contributed by atoms with van der Waals surface area (Å²) in [6.07, 6.45) is 0. The minimum Gasteiger partial charge on any atom is -0.456 e. The number of hydrogen-bond donors (Lipinski definition) is 0. The molecule has 0 saturated heterocycles. The molecule has 5 heteroatoms. The molecule has 0 N–H and O–H groups in total. The van der Waals surface area contributed by atoms with Crippen molar-refractivity contribution in [2.24, 2.45) is 0 Å². The highest BCUT2D eigenvalue weighted by Gasteiger charge is 2.46. The zero-order valence-corrected chi connectivity index (χ0v) is 37.3. The van der Waals surface area contributed by atoms with E-state index in [0.29, 0.717) is 17.5 Å². The van der Waals surface area contributed by atoms with Gasteiger partial charge in [0.05, 0.1) is 16.4 Å². The van der Waals surface area contributed by atoms with E-state index in [1.54, 1.807) is 0 Å². The predicted molar refractivity (Wildman–Crippen MR) is 280 cm³/mol. The van der Waals surface area contributed by atoms with E-state index >= 15 is 0 Å². The smallest absolute Gasteiger partial charge is 0.164 e. The molecule has 0 spiro atoms. The highest BCUT2D eigenvalue weighted by Crippen LogP contribution is 2.56. The van der Waals surface area contributed by atoms with Crippen LogP contribution in [-0.2, 0) is 5.41 Å². The molecule has 0 aliphatic heterocycles. The second-order valence-corrected chi connectivity index (χ2v) is 17.9. The lowest BCUT2D eigenvalue weighted by Gasteiger charge is -2.34. The van der Waals surface area contributed by atoms with Crippen molar-refractivity contribution in [1.29, 1.82) is 0 Å². The second kappa shape index (κ2) is 15.4. The maximum atomic E-state index is 6.56. The van der Waals surface area contributed by atoms with Crippen molar-refractivity contribution < 1.29 is 4.42 Å². The van der Waals surface area contributed by atoms with Crippen molar-refractivity contribution in [3.8, 4) is 62.1 Å². The fraction of sp³-hybridized carbons (Fsp3) is 0.0156. The molecule has 0 fully saturated rings. The summed E-state index contributed by atoms with van der Waals surface area (Å²) in [4.78, 5) is 15.2. The van der Waals surface area contributed by atoms with Crippen LogP contribution in [0.2, 0.25) is 0 Å². The van der Waals surface area contributed by atoms with E-state index in [9.17, 15) is 0 Å². The molecule has 69 heavy (non-hydrogen) atoms. The molecule has 0 radical (unpaired) electrons. The third-order valence-corrected chi connectivity index (χ3v) is 14.1. The van der Waals surface area contributed by atoms with E-state index < -0.39 is 5.41 Å². The van der Waals surface area contributed by atoms with Gasteiger partial charge in [0.1, 0.15) is 11.2 Å². The number of hydrogen-bond acceptors (Lipinski definition) is 4. The van der Waals surface area contributed by atoms with E-state index in [0.717, 1.165) is 66.5 Å². The van der Waals surface area contributed by atoms with Gasteiger partial charge in [0.25, 0.3) is 0 Å². The summed E-state index contributed by atoms with van der Waals surface area (Å²) in [7, 11) is 0. The van der Waals surface area contributed by atoms with Crippen molar-refractivity contribution in [3.05, 3.63) is 265 Å². The molecule has 3 heterocycles. The molecule has 0 bridgehead atoms. The van der Waals surface area contributed by atoms with E-state index in [1.165, 1.54) is 44.2 Å². The minimum atomic E-state index is -0.496. The molecule has 1 aliphatic carbocycles. The average molecular weight is 881 g/mol. The molecule has 14 rings (SSSR count). The maximum Gasteiger partial charge on any atom is 0.164 e. The Bertz CT molecular complexity index is 4020. The van der Waals surface area contributed by atoms with Crippen LogP contribution < -0.4 is 0 Å². The van der Waals surface area contributed by atoms with Gasteiger partial charge in [0.2, 0.25) is 0 Å². The van der Waals surface area contributed by atoms with Crippen molar-refractivity contribution in [1.82, 2.24) is 19.5 Å². The van der Waals surface area contributed by atoms with Gasteiger partial charge in [-0.25, -0.2) is 15.0 Å². The van der Waals surface area contributed by atoms with Crippen LogP contribution in [0.15, 0.2) is 247 Å². The third kappa shape index (κ3) is 6.00. The van der Waals surface area contributed by atoms with Gasteiger partial charge in [-0.05, 0) is 93.0 Å². The van der Waals surface area contributed by atoms with Crippen molar-refractivity contribution in [2.45, 2.75) is 5.41 Å². The molecule has 0 amide bonds. The molecular formula is C64H40N4O. The summed E-state index contributed by atoms with van der Waals surface area (Å²) in [5.74, 6) is 1.83. The van der Waals surface area contributed by atoms with Gasteiger partial charge >= 0.3 is 0 Å². The molecule has 1 aliphatic rings. The number of furan rings is 1. The lowest BCUT2D eigenvalue weighted by Crippen LogP contribution is -2.28. The fourth-order valence-corrected chi connectivity index (χ4v) is 11.1. The number of aromatic nitrogens is 4. The SMILES string of the molecule is c1ccc(-c2nc(-c3ccccc3)nc(-c3cccc4oc5ccc(-c6ccc7c(c6)c6ccccc6n7-c6ccc7c(c6)C(c6ccccc6)(c6ccccc6)c6ccccc6-7)cc5c34)n2)cc1. The van der Waals surface area contributed by atoms with E-state index in [1.807, 2.05) is 72.8 Å². The van der Waals surface area contributed by atoms with Crippen LogP contribution in [0.1, 0.15) is 22.3 Å². The standard InChI is InChI=1S/C64H40N4O/c1-5-18-41(19-6-1)61-65-62(42-20-7-2-8-21-42)67-63(66-61)51-28-17-31-59-60(51)53-39-44(33-37-58(53)69-59)43-32-36-57-52(38-43)50-27-14-16-30-56(50)68(57)47-34-35-49-48-26-13-15-29-54(48)64(55(49)40-47,45-22-9-3-10-23-45)46-24-11-4-12-25-46/h1-40H. The Hall–Kier alpha value is -9.19. The Kier molecular flexibility index (Phi) is 8.73. The van der Waals surface area contributed by atoms with E-state index in [-0.39, 0.29) is 0 Å². The summed E-state index contributed by atoms with van der Waals surface area (Å²) in [5, 5.41) is 4.36. The lowest BCUT2D eigenvalue weighted by atomic mass is 9.67. The van der Waals surface area contributed by atoms with Gasteiger partial charge in [-0.1, -0.05) is 194 Å². The summed E-state index contributed by atoms with van der Waals surface area (Å²) in [6, 6.07) is 86.6. The van der Waals surface area contributed by atoms with Gasteiger partial charge < -0.3 is 8.98 Å². The van der Waals surface area contributed by atoms with E-state index in [4.69, 9.17) is 19.4 Å². The monoisotopic (exact) mass is 880 g/mol. The first-order chi connectivity index (χ1) is 34.2. The first-order valence-corrected chi connectivity index (χ1v) is 23.4. The molecule has 5 nitrogen and oxygen atoms in total. The average Bonchev–Trinajstić information content (AvgIpc) is 4.07. The Morgan fingerprint density at radius 2 is 0.884 bits per heavy atom. The van der Waals surface area contributed by atoms with Crippen LogP contribution in [0.4, 0.5) is 0 Å². The van der Waals surface area contributed by atoms with Crippen LogP contribution in [0.5, 0.6) is 0 Å². The Balaban J connectivity index is 0.929. The highest BCUT2D eigenvalue weighted by molar-refractivity contribution is 6.14.